The van der Waals surface area contributed by atoms with Crippen molar-refractivity contribution < 1.29 is 27.4 Å². The van der Waals surface area contributed by atoms with Crippen molar-refractivity contribution >= 4 is 17.6 Å². The summed E-state index contributed by atoms with van der Waals surface area (Å²) >= 11 is 0. The molecule has 1 atom stereocenters. The summed E-state index contributed by atoms with van der Waals surface area (Å²) in [6.45, 7) is 0.181. The fraction of sp³-hybridized carbons (Fsp3) is 0.111. The monoisotopic (exact) mass is 517 g/mol. The number of aromatic nitrogens is 2. The second kappa shape index (κ2) is 8.87. The number of fused-ring (bicyclic) bond motifs is 4. The number of amidine groups is 1. The molecular formula is C27H18F3N5O3. The van der Waals surface area contributed by atoms with E-state index < -0.39 is 29.0 Å². The Hall–Kier alpha value is -4.93. The third-order valence-electron chi connectivity index (χ3n) is 6.42. The van der Waals surface area contributed by atoms with E-state index in [0.717, 1.165) is 12.3 Å². The number of benzene rings is 2. The lowest BCUT2D eigenvalue weighted by atomic mass is 9.76. The van der Waals surface area contributed by atoms with Crippen molar-refractivity contribution in [2.24, 2.45) is 10.7 Å². The number of halogens is 3. The van der Waals surface area contributed by atoms with Crippen LogP contribution >= 0.6 is 0 Å². The molecule has 4 aromatic rings. The van der Waals surface area contributed by atoms with Crippen LogP contribution in [0.5, 0.6) is 11.5 Å². The van der Waals surface area contributed by atoms with Gasteiger partial charge in [0.2, 0.25) is 5.95 Å². The molecule has 38 heavy (non-hydrogen) atoms. The smallest absolute Gasteiger partial charge is 0.283 e. The Balaban J connectivity index is 1.48. The van der Waals surface area contributed by atoms with E-state index in [-0.39, 0.29) is 30.5 Å². The molecule has 2 aliphatic rings. The Bertz CT molecular complexity index is 1630. The topological polar surface area (TPSA) is 112 Å². The zero-order chi connectivity index (χ0) is 26.4. The van der Waals surface area contributed by atoms with Crippen LogP contribution in [-0.2, 0) is 10.3 Å². The lowest BCUT2D eigenvalue weighted by Crippen LogP contribution is -2.39. The van der Waals surface area contributed by atoms with Crippen molar-refractivity contribution in [3.8, 4) is 22.6 Å². The SMILES string of the molecule is NC1=N[C@@]2(CCO1)c1cc(NC(=O)c3ccc(F)cn3)ccc1Oc1c(F)cc(-c3ccnc(F)c3)cc12. The summed E-state index contributed by atoms with van der Waals surface area (Å²) < 4.78 is 53.9. The van der Waals surface area contributed by atoms with E-state index in [4.69, 9.17) is 15.2 Å². The van der Waals surface area contributed by atoms with E-state index in [0.29, 0.717) is 33.7 Å². The molecule has 1 amide bonds. The molecule has 0 bridgehead atoms. The predicted octanol–water partition coefficient (Wildman–Crippen LogP) is 4.90. The molecule has 4 heterocycles. The van der Waals surface area contributed by atoms with Gasteiger partial charge < -0.3 is 20.5 Å². The van der Waals surface area contributed by atoms with Crippen LogP contribution in [0.1, 0.15) is 28.0 Å². The fourth-order valence-electron chi connectivity index (χ4n) is 4.70. The molecule has 0 saturated carbocycles. The highest BCUT2D eigenvalue weighted by atomic mass is 19.1. The van der Waals surface area contributed by atoms with Crippen molar-refractivity contribution in [3.63, 3.8) is 0 Å². The van der Waals surface area contributed by atoms with Gasteiger partial charge in [-0.1, -0.05) is 0 Å². The number of carbonyl (C=O) groups excluding carboxylic acids is 1. The minimum atomic E-state index is -1.22. The third kappa shape index (κ3) is 3.97. The van der Waals surface area contributed by atoms with E-state index in [2.05, 4.69) is 20.3 Å². The van der Waals surface area contributed by atoms with Gasteiger partial charge >= 0.3 is 0 Å². The predicted molar refractivity (Wildman–Crippen MR) is 131 cm³/mol. The van der Waals surface area contributed by atoms with Gasteiger partial charge in [-0.05, 0) is 59.7 Å². The molecule has 0 fully saturated rings. The summed E-state index contributed by atoms with van der Waals surface area (Å²) in [6, 6.07) is 12.8. The van der Waals surface area contributed by atoms with Gasteiger partial charge in [-0.25, -0.2) is 23.7 Å². The van der Waals surface area contributed by atoms with Gasteiger partial charge in [-0.3, -0.25) is 4.79 Å². The molecule has 2 aliphatic heterocycles. The number of carbonyl (C=O) groups is 1. The maximum absolute atomic E-state index is 15.5. The molecule has 8 nitrogen and oxygen atoms in total. The number of amides is 1. The first kappa shape index (κ1) is 23.5. The Morgan fingerprint density at radius 1 is 0.974 bits per heavy atom. The first-order valence-electron chi connectivity index (χ1n) is 11.5. The molecule has 11 heteroatoms. The van der Waals surface area contributed by atoms with Crippen LogP contribution in [-0.4, -0.2) is 28.5 Å². The van der Waals surface area contributed by atoms with Gasteiger partial charge in [0.05, 0.1) is 12.8 Å². The lowest BCUT2D eigenvalue weighted by molar-refractivity contribution is 0.102. The molecule has 0 radical (unpaired) electrons. The van der Waals surface area contributed by atoms with Crippen LogP contribution < -0.4 is 15.8 Å². The molecule has 1 spiro atoms. The van der Waals surface area contributed by atoms with Crippen LogP contribution in [0.4, 0.5) is 18.9 Å². The molecular weight excluding hydrogens is 499 g/mol. The van der Waals surface area contributed by atoms with Crippen LogP contribution in [0.25, 0.3) is 11.1 Å². The quantitative estimate of drug-likeness (QED) is 0.374. The van der Waals surface area contributed by atoms with Gasteiger partial charge in [0.1, 0.15) is 22.8 Å². The van der Waals surface area contributed by atoms with Crippen LogP contribution in [0.15, 0.2) is 72.0 Å². The Morgan fingerprint density at radius 3 is 2.61 bits per heavy atom. The number of pyridine rings is 2. The lowest BCUT2D eigenvalue weighted by Gasteiger charge is -2.39. The first-order valence-corrected chi connectivity index (χ1v) is 11.5. The molecule has 0 saturated heterocycles. The van der Waals surface area contributed by atoms with Gasteiger partial charge in [0, 0.05) is 35.5 Å². The average Bonchev–Trinajstić information content (AvgIpc) is 2.90. The first-order chi connectivity index (χ1) is 18.3. The van der Waals surface area contributed by atoms with Gasteiger partial charge in [0.25, 0.3) is 11.9 Å². The molecule has 0 aliphatic carbocycles. The third-order valence-corrected chi connectivity index (χ3v) is 6.42. The van der Waals surface area contributed by atoms with E-state index in [1.807, 2.05) is 0 Å². The van der Waals surface area contributed by atoms with E-state index in [1.165, 1.54) is 24.4 Å². The van der Waals surface area contributed by atoms with Crippen LogP contribution in [0.2, 0.25) is 0 Å². The van der Waals surface area contributed by atoms with Crippen molar-refractivity contribution in [2.45, 2.75) is 12.0 Å². The summed E-state index contributed by atoms with van der Waals surface area (Å²) in [5, 5.41) is 2.73. The number of nitrogens with one attached hydrogen (secondary N) is 1. The van der Waals surface area contributed by atoms with E-state index in [9.17, 15) is 13.6 Å². The highest BCUT2D eigenvalue weighted by Crippen LogP contribution is 2.54. The standard InChI is InChI=1S/C27H18F3N5O3/c28-16-1-3-21(33-13-16)25(36)34-17-2-4-22-18(12-17)27(6-8-37-26(31)35-27)19-9-15(10-20(29)24(19)38-22)14-5-7-32-23(30)11-14/h1-5,7,9-13H,6,8H2,(H2,31,35)(H,34,36)/t27-/m0/s1. The highest BCUT2D eigenvalue weighted by Gasteiger charge is 2.46. The van der Waals surface area contributed by atoms with Crippen molar-refractivity contribution in [2.75, 3.05) is 11.9 Å². The summed E-state index contributed by atoms with van der Waals surface area (Å²) in [4.78, 5) is 24.7. The number of hydrogen-bond acceptors (Lipinski definition) is 7. The Morgan fingerprint density at radius 2 is 1.84 bits per heavy atom. The maximum Gasteiger partial charge on any atom is 0.283 e. The summed E-state index contributed by atoms with van der Waals surface area (Å²) in [5.74, 6) is -2.22. The number of aliphatic imine (C=N–C) groups is 1. The Kier molecular flexibility index (Phi) is 5.48. The van der Waals surface area contributed by atoms with Gasteiger partial charge in [-0.15, -0.1) is 0 Å². The molecule has 3 N–H and O–H groups in total. The normalized spacial score (nSPS) is 17.5. The molecule has 2 aromatic heterocycles. The summed E-state index contributed by atoms with van der Waals surface area (Å²) in [5.41, 5.74) is 6.85. The highest BCUT2D eigenvalue weighted by molar-refractivity contribution is 6.03. The van der Waals surface area contributed by atoms with Crippen molar-refractivity contribution in [1.29, 1.82) is 0 Å². The van der Waals surface area contributed by atoms with Crippen LogP contribution in [0.3, 0.4) is 0 Å². The van der Waals surface area contributed by atoms with Crippen molar-refractivity contribution in [3.05, 3.63) is 101 Å². The van der Waals surface area contributed by atoms with Gasteiger partial charge in [-0.2, -0.15) is 4.39 Å². The molecule has 0 unspecified atom stereocenters. The number of nitrogens with two attached hydrogens (primary N) is 1. The van der Waals surface area contributed by atoms with E-state index >= 15 is 4.39 Å². The van der Waals surface area contributed by atoms with E-state index in [1.54, 1.807) is 30.3 Å². The number of hydrogen-bond donors (Lipinski definition) is 2. The zero-order valence-electron chi connectivity index (χ0n) is 19.5. The second-order valence-electron chi connectivity index (χ2n) is 8.74. The largest absolute Gasteiger partial charge is 0.465 e. The fourth-order valence-corrected chi connectivity index (χ4v) is 4.70. The Labute approximate surface area is 214 Å². The summed E-state index contributed by atoms with van der Waals surface area (Å²) in [6.07, 6.45) is 2.52. The number of ether oxygens (including phenoxy) is 2. The molecule has 6 rings (SSSR count). The maximum atomic E-state index is 15.5. The number of rotatable bonds is 3. The minimum Gasteiger partial charge on any atom is -0.465 e. The second-order valence-corrected chi connectivity index (χ2v) is 8.74. The average molecular weight is 517 g/mol. The number of nitrogens with zero attached hydrogens (tertiary/aromatic N) is 3. The van der Waals surface area contributed by atoms with Crippen molar-refractivity contribution in [1.82, 2.24) is 9.97 Å². The van der Waals surface area contributed by atoms with Gasteiger partial charge in [0.15, 0.2) is 11.6 Å². The zero-order valence-corrected chi connectivity index (χ0v) is 19.5. The van der Waals surface area contributed by atoms with Crippen LogP contribution in [0, 0.1) is 17.6 Å². The molecule has 190 valence electrons. The summed E-state index contributed by atoms with van der Waals surface area (Å²) in [7, 11) is 0. The molecule has 2 aromatic carbocycles. The minimum absolute atomic E-state index is 0.0186. The number of anilines is 1.